The summed E-state index contributed by atoms with van der Waals surface area (Å²) in [4.78, 5) is 12.2. The molecule has 2 rings (SSSR count). The van der Waals surface area contributed by atoms with Crippen LogP contribution >= 0.6 is 46.6 Å². The molecular weight excluding hydrogens is 455 g/mol. The van der Waals surface area contributed by atoms with Gasteiger partial charge in [0.2, 0.25) is 15.9 Å². The molecule has 0 aliphatic rings. The van der Waals surface area contributed by atoms with E-state index in [1.807, 2.05) is 12.1 Å². The largest absolute Gasteiger partial charge is 0.468 e. The Hall–Kier alpha value is -1.06. The number of sulfonamides is 1. The van der Waals surface area contributed by atoms with Crippen molar-refractivity contribution >= 4 is 68.2 Å². The zero-order valence-corrected chi connectivity index (χ0v) is 18.1. The Morgan fingerprint density at radius 1 is 1.22 bits per heavy atom. The van der Waals surface area contributed by atoms with Crippen LogP contribution in [0.25, 0.3) is 0 Å². The molecule has 1 heterocycles. The number of halogens is 3. The van der Waals surface area contributed by atoms with E-state index in [2.05, 4.69) is 5.32 Å². The van der Waals surface area contributed by atoms with Gasteiger partial charge in [-0.3, -0.25) is 9.10 Å². The van der Waals surface area contributed by atoms with Crippen LogP contribution in [0.4, 0.5) is 5.69 Å². The number of hydrogen-bond donors (Lipinski definition) is 1. The first-order valence-electron chi connectivity index (χ1n) is 7.67. The minimum atomic E-state index is -3.76. The first-order chi connectivity index (χ1) is 12.7. The van der Waals surface area contributed by atoms with E-state index in [0.29, 0.717) is 18.1 Å². The molecule has 0 aliphatic carbocycles. The summed E-state index contributed by atoms with van der Waals surface area (Å²) in [5, 5.41) is 3.09. The van der Waals surface area contributed by atoms with Crippen molar-refractivity contribution in [1.29, 1.82) is 0 Å². The molecule has 0 saturated carbocycles. The van der Waals surface area contributed by atoms with Crippen LogP contribution in [0.3, 0.4) is 0 Å². The molecule has 0 spiro atoms. The van der Waals surface area contributed by atoms with Crippen molar-refractivity contribution in [3.8, 4) is 0 Å². The highest BCUT2D eigenvalue weighted by Crippen LogP contribution is 2.35. The highest BCUT2D eigenvalue weighted by molar-refractivity contribution is 7.98. The quantitative estimate of drug-likeness (QED) is 0.441. The average molecular weight is 472 g/mol. The molecule has 0 aliphatic heterocycles. The van der Waals surface area contributed by atoms with Gasteiger partial charge in [0.15, 0.2) is 0 Å². The molecule has 0 radical (unpaired) electrons. The van der Waals surface area contributed by atoms with Gasteiger partial charge in [-0.2, -0.15) is 11.8 Å². The average Bonchev–Trinajstić information content (AvgIpc) is 3.08. The van der Waals surface area contributed by atoms with Gasteiger partial charge in [-0.05, 0) is 24.3 Å². The van der Waals surface area contributed by atoms with E-state index >= 15 is 0 Å². The summed E-state index contributed by atoms with van der Waals surface area (Å²) in [5.41, 5.74) is 0.0934. The molecule has 11 heteroatoms. The van der Waals surface area contributed by atoms with E-state index < -0.39 is 22.5 Å². The van der Waals surface area contributed by atoms with E-state index in [4.69, 9.17) is 39.2 Å². The van der Waals surface area contributed by atoms with Gasteiger partial charge in [0.05, 0.1) is 39.0 Å². The number of benzene rings is 1. The third-order valence-electron chi connectivity index (χ3n) is 3.34. The third-order valence-corrected chi connectivity index (χ3v) is 6.47. The Labute approximate surface area is 177 Å². The van der Waals surface area contributed by atoms with Crippen molar-refractivity contribution in [2.24, 2.45) is 0 Å². The summed E-state index contributed by atoms with van der Waals surface area (Å²) < 4.78 is 30.3. The molecule has 0 bridgehead atoms. The van der Waals surface area contributed by atoms with Crippen molar-refractivity contribution in [1.82, 2.24) is 5.32 Å². The minimum absolute atomic E-state index is 0.0802. The van der Waals surface area contributed by atoms with Crippen molar-refractivity contribution in [2.45, 2.75) is 5.75 Å². The second-order valence-corrected chi connectivity index (χ2v) is 9.70. The maximum atomic E-state index is 12.2. The smallest absolute Gasteiger partial charge is 0.240 e. The van der Waals surface area contributed by atoms with Crippen LogP contribution in [-0.4, -0.2) is 39.4 Å². The second kappa shape index (κ2) is 9.93. The number of nitrogens with one attached hydrogen (secondary N) is 1. The van der Waals surface area contributed by atoms with Crippen LogP contribution < -0.4 is 9.62 Å². The normalized spacial score (nSPS) is 11.4. The Morgan fingerprint density at radius 3 is 2.56 bits per heavy atom. The fraction of sp³-hybridized carbons (Fsp3) is 0.312. The first-order valence-corrected chi connectivity index (χ1v) is 11.8. The lowest BCUT2D eigenvalue weighted by Crippen LogP contribution is -2.41. The topological polar surface area (TPSA) is 79.6 Å². The molecule has 6 nitrogen and oxygen atoms in total. The van der Waals surface area contributed by atoms with Crippen LogP contribution in [0.1, 0.15) is 5.76 Å². The number of amides is 1. The zero-order valence-electron chi connectivity index (χ0n) is 14.2. The monoisotopic (exact) mass is 470 g/mol. The van der Waals surface area contributed by atoms with Gasteiger partial charge in [-0.25, -0.2) is 8.42 Å². The molecule has 0 unspecified atom stereocenters. The van der Waals surface area contributed by atoms with Gasteiger partial charge in [0.1, 0.15) is 12.3 Å². The van der Waals surface area contributed by atoms with E-state index in [0.717, 1.165) is 16.3 Å². The third kappa shape index (κ3) is 6.80. The Kier molecular flexibility index (Phi) is 8.18. The van der Waals surface area contributed by atoms with Crippen LogP contribution in [-0.2, 0) is 20.6 Å². The molecule has 2 aromatic rings. The van der Waals surface area contributed by atoms with E-state index in [1.54, 1.807) is 18.0 Å². The van der Waals surface area contributed by atoms with Crippen LogP contribution in [0.15, 0.2) is 34.9 Å². The SMILES string of the molecule is CS(=O)(=O)N(CC(=O)NCCSCc1ccco1)c1cc(Cl)c(Cl)cc1Cl. The van der Waals surface area contributed by atoms with Gasteiger partial charge in [-0.15, -0.1) is 0 Å². The summed E-state index contributed by atoms with van der Waals surface area (Å²) in [6, 6.07) is 6.34. The lowest BCUT2D eigenvalue weighted by Gasteiger charge is -2.23. The van der Waals surface area contributed by atoms with Crippen molar-refractivity contribution < 1.29 is 17.6 Å². The lowest BCUT2D eigenvalue weighted by atomic mass is 10.3. The maximum Gasteiger partial charge on any atom is 0.240 e. The molecule has 148 valence electrons. The van der Waals surface area contributed by atoms with Crippen LogP contribution in [0.5, 0.6) is 0 Å². The summed E-state index contributed by atoms with van der Waals surface area (Å²) in [6.45, 7) is -0.0315. The molecule has 1 aromatic heterocycles. The first kappa shape index (κ1) is 22.2. The fourth-order valence-corrected chi connectivity index (χ4v) is 4.41. The van der Waals surface area contributed by atoms with Gasteiger partial charge in [-0.1, -0.05) is 34.8 Å². The predicted octanol–water partition coefficient (Wildman–Crippen LogP) is 4.06. The van der Waals surface area contributed by atoms with Crippen molar-refractivity contribution in [3.05, 3.63) is 51.4 Å². The number of anilines is 1. The highest BCUT2D eigenvalue weighted by Gasteiger charge is 2.24. The molecular formula is C16H17Cl3N2O4S2. The Balaban J connectivity index is 1.94. The lowest BCUT2D eigenvalue weighted by molar-refractivity contribution is -0.119. The number of carbonyl (C=O) groups excluding carboxylic acids is 1. The number of rotatable bonds is 9. The van der Waals surface area contributed by atoms with E-state index in [-0.39, 0.29) is 20.8 Å². The number of nitrogens with zero attached hydrogens (tertiary/aromatic N) is 1. The van der Waals surface area contributed by atoms with Gasteiger partial charge >= 0.3 is 0 Å². The van der Waals surface area contributed by atoms with Gasteiger partial charge in [0.25, 0.3) is 0 Å². The number of hydrogen-bond acceptors (Lipinski definition) is 5. The van der Waals surface area contributed by atoms with Crippen LogP contribution in [0.2, 0.25) is 15.1 Å². The molecule has 1 N–H and O–H groups in total. The Bertz CT molecular complexity index is 889. The number of carbonyl (C=O) groups is 1. The standard InChI is InChI=1S/C16H17Cl3N2O4S2/c1-27(23,24)21(15-8-13(18)12(17)7-14(15)19)9-16(22)20-4-6-26-10-11-3-2-5-25-11/h2-3,5,7-8H,4,6,9-10H2,1H3,(H,20,22). The van der Waals surface area contributed by atoms with E-state index in [1.165, 1.54) is 12.1 Å². The minimum Gasteiger partial charge on any atom is -0.468 e. The van der Waals surface area contributed by atoms with Crippen molar-refractivity contribution in [3.63, 3.8) is 0 Å². The fourth-order valence-electron chi connectivity index (χ4n) is 2.10. The molecule has 0 saturated heterocycles. The van der Waals surface area contributed by atoms with E-state index in [9.17, 15) is 13.2 Å². The Morgan fingerprint density at radius 2 is 1.93 bits per heavy atom. The summed E-state index contributed by atoms with van der Waals surface area (Å²) in [6.07, 6.45) is 2.59. The predicted molar refractivity (Wildman–Crippen MR) is 112 cm³/mol. The van der Waals surface area contributed by atoms with Crippen molar-refractivity contribution in [2.75, 3.05) is 29.4 Å². The molecule has 1 amide bonds. The molecule has 0 fully saturated rings. The summed E-state index contributed by atoms with van der Waals surface area (Å²) >= 11 is 19.5. The van der Waals surface area contributed by atoms with Gasteiger partial charge < -0.3 is 9.73 Å². The molecule has 27 heavy (non-hydrogen) atoms. The highest BCUT2D eigenvalue weighted by atomic mass is 35.5. The second-order valence-electron chi connectivity index (χ2n) is 5.47. The summed E-state index contributed by atoms with van der Waals surface area (Å²) in [5.74, 6) is 1.74. The zero-order chi connectivity index (χ0) is 20.0. The number of thioether (sulfide) groups is 1. The number of furan rings is 1. The van der Waals surface area contributed by atoms with Gasteiger partial charge in [0, 0.05) is 12.3 Å². The molecule has 0 atom stereocenters. The summed E-state index contributed by atoms with van der Waals surface area (Å²) in [7, 11) is -3.76. The maximum absolute atomic E-state index is 12.2. The van der Waals surface area contributed by atoms with Crippen LogP contribution in [0, 0.1) is 0 Å². The molecule has 1 aromatic carbocycles.